The molecule has 0 spiro atoms. The Bertz CT molecular complexity index is 1060. The molecule has 28 heavy (non-hydrogen) atoms. The average Bonchev–Trinajstić information content (AvgIpc) is 3.00. The number of ether oxygens (including phenoxy) is 1. The summed E-state index contributed by atoms with van der Waals surface area (Å²) >= 11 is 1.11. The van der Waals surface area contributed by atoms with Crippen molar-refractivity contribution in [2.24, 2.45) is 5.73 Å². The summed E-state index contributed by atoms with van der Waals surface area (Å²) in [4.78, 5) is 24.2. The third-order valence-corrected chi connectivity index (χ3v) is 5.01. The van der Waals surface area contributed by atoms with Crippen LogP contribution in [0.1, 0.15) is 15.2 Å². The number of halogens is 3. The number of alkyl halides is 3. The summed E-state index contributed by atoms with van der Waals surface area (Å²) in [5.41, 5.74) is 4.46. The van der Waals surface area contributed by atoms with Gasteiger partial charge in [0.05, 0.1) is 18.4 Å². The summed E-state index contributed by atoms with van der Waals surface area (Å²) < 4.78 is 44.8. The summed E-state index contributed by atoms with van der Waals surface area (Å²) in [5, 5.41) is 5.42. The molecular weight excluding hydrogens is 395 g/mol. The van der Waals surface area contributed by atoms with Gasteiger partial charge in [0.2, 0.25) is 0 Å². The second kappa shape index (κ2) is 7.39. The maximum Gasteiger partial charge on any atom is 0.420 e. The van der Waals surface area contributed by atoms with Crippen molar-refractivity contribution in [3.8, 4) is 5.75 Å². The van der Waals surface area contributed by atoms with Crippen molar-refractivity contribution in [1.82, 2.24) is 0 Å². The highest BCUT2D eigenvalue weighted by atomic mass is 32.1. The zero-order valence-corrected chi connectivity index (χ0v) is 15.2. The van der Waals surface area contributed by atoms with Gasteiger partial charge in [0, 0.05) is 15.8 Å². The van der Waals surface area contributed by atoms with Crippen molar-refractivity contribution < 1.29 is 27.5 Å². The first-order chi connectivity index (χ1) is 13.2. The van der Waals surface area contributed by atoms with Crippen molar-refractivity contribution >= 4 is 44.7 Å². The Hall–Kier alpha value is -3.27. The van der Waals surface area contributed by atoms with Gasteiger partial charge in [-0.3, -0.25) is 4.79 Å². The van der Waals surface area contributed by atoms with Gasteiger partial charge < -0.3 is 21.1 Å². The minimum Gasteiger partial charge on any atom is -0.496 e. The average molecular weight is 409 g/mol. The van der Waals surface area contributed by atoms with Crippen LogP contribution in [0.3, 0.4) is 0 Å². The molecule has 3 amide bonds. The van der Waals surface area contributed by atoms with Gasteiger partial charge in [0.15, 0.2) is 0 Å². The molecule has 10 heteroatoms. The fourth-order valence-electron chi connectivity index (χ4n) is 2.63. The van der Waals surface area contributed by atoms with E-state index in [1.165, 1.54) is 6.07 Å². The van der Waals surface area contributed by atoms with Gasteiger partial charge >= 0.3 is 12.2 Å². The Morgan fingerprint density at radius 3 is 2.46 bits per heavy atom. The lowest BCUT2D eigenvalue weighted by molar-refractivity contribution is -0.138. The second-order valence-electron chi connectivity index (χ2n) is 5.66. The number of carbonyl (C=O) groups excluding carboxylic acids is 2. The van der Waals surface area contributed by atoms with Gasteiger partial charge in [0.25, 0.3) is 5.91 Å². The third kappa shape index (κ3) is 3.86. The van der Waals surface area contributed by atoms with Gasteiger partial charge in [-0.05, 0) is 24.3 Å². The van der Waals surface area contributed by atoms with Crippen LogP contribution in [0.25, 0.3) is 10.1 Å². The normalized spacial score (nSPS) is 11.3. The van der Waals surface area contributed by atoms with Crippen LogP contribution < -0.4 is 21.1 Å². The number of anilines is 2. The predicted octanol–water partition coefficient (Wildman–Crippen LogP) is 4.67. The summed E-state index contributed by atoms with van der Waals surface area (Å²) in [6.07, 6.45) is -4.65. The van der Waals surface area contributed by atoms with Gasteiger partial charge in [-0.15, -0.1) is 11.3 Å². The number of urea groups is 1. The topological polar surface area (TPSA) is 93.4 Å². The van der Waals surface area contributed by atoms with E-state index in [4.69, 9.17) is 10.5 Å². The molecule has 146 valence electrons. The van der Waals surface area contributed by atoms with E-state index in [1.54, 1.807) is 24.3 Å². The molecule has 0 atom stereocenters. The summed E-state index contributed by atoms with van der Waals surface area (Å²) in [6, 6.07) is 9.27. The van der Waals surface area contributed by atoms with E-state index < -0.39 is 23.7 Å². The maximum atomic E-state index is 13.1. The highest BCUT2D eigenvalue weighted by molar-refractivity contribution is 7.21. The summed E-state index contributed by atoms with van der Waals surface area (Å²) in [5.74, 6) is -1.08. The zero-order chi connectivity index (χ0) is 20.5. The molecule has 0 unspecified atom stereocenters. The number of fused-ring (bicyclic) bond motifs is 1. The molecule has 0 aliphatic rings. The first-order valence-electron chi connectivity index (χ1n) is 7.85. The number of benzene rings is 2. The number of nitrogens with two attached hydrogens (primary N) is 1. The molecule has 3 aromatic rings. The van der Waals surface area contributed by atoms with Crippen molar-refractivity contribution in [2.45, 2.75) is 6.18 Å². The Labute approximate surface area is 161 Å². The minimum absolute atomic E-state index is 0.0919. The third-order valence-electron chi connectivity index (χ3n) is 3.82. The molecule has 0 saturated carbocycles. The largest absolute Gasteiger partial charge is 0.496 e. The van der Waals surface area contributed by atoms with E-state index in [0.717, 1.165) is 35.3 Å². The molecule has 2 aromatic carbocycles. The van der Waals surface area contributed by atoms with Crippen LogP contribution in [0.2, 0.25) is 0 Å². The SMILES string of the molecule is COc1ccc(NC(=O)Nc2c(C(N)=O)sc3ccccc23)cc1C(F)(F)F. The quantitative estimate of drug-likeness (QED) is 0.584. The Kier molecular flexibility index (Phi) is 5.14. The number of rotatable bonds is 4. The van der Waals surface area contributed by atoms with E-state index in [9.17, 15) is 22.8 Å². The highest BCUT2D eigenvalue weighted by Gasteiger charge is 2.34. The monoisotopic (exact) mass is 409 g/mol. The van der Waals surface area contributed by atoms with Gasteiger partial charge in [-0.2, -0.15) is 13.2 Å². The van der Waals surface area contributed by atoms with E-state index in [-0.39, 0.29) is 22.0 Å². The standard InChI is InChI=1S/C18H14F3N3O3S/c1-27-12-7-6-9(8-11(12)18(19,20)21)23-17(26)24-14-10-4-2-3-5-13(10)28-15(14)16(22)25/h2-8H,1H3,(H2,22,25)(H2,23,24,26). The molecule has 0 fully saturated rings. The number of primary amides is 1. The Balaban J connectivity index is 1.89. The highest BCUT2D eigenvalue weighted by Crippen LogP contribution is 2.38. The van der Waals surface area contributed by atoms with E-state index >= 15 is 0 Å². The lowest BCUT2D eigenvalue weighted by Gasteiger charge is -2.14. The molecule has 0 aliphatic carbocycles. The van der Waals surface area contributed by atoms with Crippen LogP contribution in [0, 0.1) is 0 Å². The fourth-order valence-corrected chi connectivity index (χ4v) is 3.64. The first kappa shape index (κ1) is 19.5. The zero-order valence-electron chi connectivity index (χ0n) is 14.4. The summed E-state index contributed by atoms with van der Waals surface area (Å²) in [6.45, 7) is 0. The molecule has 4 N–H and O–H groups in total. The van der Waals surface area contributed by atoms with Gasteiger partial charge in [0.1, 0.15) is 10.6 Å². The Morgan fingerprint density at radius 1 is 1.11 bits per heavy atom. The molecule has 0 saturated heterocycles. The van der Waals surface area contributed by atoms with E-state index in [1.807, 2.05) is 0 Å². The Morgan fingerprint density at radius 2 is 1.82 bits per heavy atom. The van der Waals surface area contributed by atoms with Crippen molar-refractivity contribution in [1.29, 1.82) is 0 Å². The van der Waals surface area contributed by atoms with Crippen LogP contribution in [-0.2, 0) is 6.18 Å². The molecular formula is C18H14F3N3O3S. The number of nitrogens with one attached hydrogen (secondary N) is 2. The lowest BCUT2D eigenvalue weighted by Crippen LogP contribution is -2.22. The lowest BCUT2D eigenvalue weighted by atomic mass is 10.1. The number of hydrogen-bond acceptors (Lipinski definition) is 4. The molecule has 0 bridgehead atoms. The van der Waals surface area contributed by atoms with Crippen LogP contribution in [0.15, 0.2) is 42.5 Å². The van der Waals surface area contributed by atoms with Crippen LogP contribution in [0.5, 0.6) is 5.75 Å². The second-order valence-corrected chi connectivity index (χ2v) is 6.71. The number of carbonyl (C=O) groups is 2. The van der Waals surface area contributed by atoms with Gasteiger partial charge in [-0.25, -0.2) is 4.79 Å². The van der Waals surface area contributed by atoms with Crippen molar-refractivity contribution in [3.63, 3.8) is 0 Å². The first-order valence-corrected chi connectivity index (χ1v) is 8.67. The number of methoxy groups -OCH3 is 1. The summed E-state index contributed by atoms with van der Waals surface area (Å²) in [7, 11) is 1.12. The molecule has 1 aromatic heterocycles. The van der Waals surface area contributed by atoms with Crippen LogP contribution >= 0.6 is 11.3 Å². The number of amides is 3. The molecule has 0 radical (unpaired) electrons. The smallest absolute Gasteiger partial charge is 0.420 e. The molecule has 3 rings (SSSR count). The molecule has 0 aliphatic heterocycles. The molecule has 6 nitrogen and oxygen atoms in total. The van der Waals surface area contributed by atoms with Crippen molar-refractivity contribution in [2.75, 3.05) is 17.7 Å². The van der Waals surface area contributed by atoms with E-state index in [2.05, 4.69) is 10.6 Å². The molecule has 1 heterocycles. The predicted molar refractivity (Wildman–Crippen MR) is 101 cm³/mol. The maximum absolute atomic E-state index is 13.1. The number of thiophene rings is 1. The van der Waals surface area contributed by atoms with Crippen LogP contribution in [-0.4, -0.2) is 19.0 Å². The van der Waals surface area contributed by atoms with E-state index in [0.29, 0.717) is 5.39 Å². The van der Waals surface area contributed by atoms with Gasteiger partial charge in [-0.1, -0.05) is 18.2 Å². The minimum atomic E-state index is -4.65. The van der Waals surface area contributed by atoms with Crippen molar-refractivity contribution in [3.05, 3.63) is 52.9 Å². The number of hydrogen-bond donors (Lipinski definition) is 3. The van der Waals surface area contributed by atoms with Crippen LogP contribution in [0.4, 0.5) is 29.3 Å². The fraction of sp³-hybridized carbons (Fsp3) is 0.111.